The van der Waals surface area contributed by atoms with Crippen LogP contribution in [0.1, 0.15) is 86.5 Å². The second kappa shape index (κ2) is 8.21. The van der Waals surface area contributed by atoms with E-state index < -0.39 is 5.92 Å². The van der Waals surface area contributed by atoms with Crippen LogP contribution in [0, 0.1) is 17.3 Å². The standard InChI is InChI=1S/C8H14F2.C7H14.C2H6/c1-2-7-3-5-8(9,10)6-4-7;1-6(2)7(3)4-5-7;1-2/h7H,2-6H2,1H3;6H,4-5H2,1-3H3;1-2H3. The molecule has 2 heteroatoms. The first-order valence-electron chi connectivity index (χ1n) is 8.17. The van der Waals surface area contributed by atoms with E-state index in [1.807, 2.05) is 13.8 Å². The van der Waals surface area contributed by atoms with E-state index in [1.165, 1.54) is 12.8 Å². The maximum absolute atomic E-state index is 12.5. The Hall–Kier alpha value is -0.140. The van der Waals surface area contributed by atoms with E-state index in [4.69, 9.17) is 0 Å². The van der Waals surface area contributed by atoms with Gasteiger partial charge < -0.3 is 0 Å². The van der Waals surface area contributed by atoms with Gasteiger partial charge in [0.25, 0.3) is 0 Å². The Balaban J connectivity index is 0.000000316. The molecule has 0 aromatic heterocycles. The van der Waals surface area contributed by atoms with Gasteiger partial charge in [0, 0.05) is 12.8 Å². The third-order valence-corrected chi connectivity index (χ3v) is 4.85. The summed E-state index contributed by atoms with van der Waals surface area (Å²) in [6.45, 7) is 13.1. The molecule has 0 aliphatic heterocycles. The van der Waals surface area contributed by atoms with Gasteiger partial charge >= 0.3 is 0 Å². The first kappa shape index (κ1) is 18.9. The van der Waals surface area contributed by atoms with Crippen molar-refractivity contribution in [1.82, 2.24) is 0 Å². The van der Waals surface area contributed by atoms with Gasteiger partial charge in [-0.15, -0.1) is 0 Å². The summed E-state index contributed by atoms with van der Waals surface area (Å²) in [4.78, 5) is 0. The minimum atomic E-state index is -2.34. The Morgan fingerprint density at radius 2 is 1.42 bits per heavy atom. The summed E-state index contributed by atoms with van der Waals surface area (Å²) < 4.78 is 25.0. The van der Waals surface area contributed by atoms with E-state index in [9.17, 15) is 8.78 Å². The number of rotatable bonds is 2. The molecule has 0 radical (unpaired) electrons. The van der Waals surface area contributed by atoms with Crippen LogP contribution in [0.3, 0.4) is 0 Å². The SMILES string of the molecule is CC.CC(C)C1(C)CC1.CCC1CCC(F)(F)CC1. The van der Waals surface area contributed by atoms with Crippen molar-refractivity contribution < 1.29 is 8.78 Å². The average molecular weight is 276 g/mol. The van der Waals surface area contributed by atoms with Gasteiger partial charge in [-0.2, -0.15) is 0 Å². The molecule has 0 N–H and O–H groups in total. The normalized spacial score (nSPS) is 23.8. The van der Waals surface area contributed by atoms with Crippen LogP contribution in [0.15, 0.2) is 0 Å². The van der Waals surface area contributed by atoms with Gasteiger partial charge in [0.15, 0.2) is 0 Å². The molecule has 0 aromatic rings. The topological polar surface area (TPSA) is 0 Å². The lowest BCUT2D eigenvalue weighted by molar-refractivity contribution is -0.0460. The zero-order valence-electron chi connectivity index (χ0n) is 13.9. The van der Waals surface area contributed by atoms with Crippen LogP contribution in [0.4, 0.5) is 8.78 Å². The lowest BCUT2D eigenvalue weighted by atomic mass is 9.85. The summed E-state index contributed by atoms with van der Waals surface area (Å²) in [6.07, 6.45) is 5.68. The van der Waals surface area contributed by atoms with Crippen molar-refractivity contribution in [1.29, 1.82) is 0 Å². The van der Waals surface area contributed by atoms with Gasteiger partial charge in [-0.25, -0.2) is 8.78 Å². The fraction of sp³-hybridized carbons (Fsp3) is 1.00. The molecule has 0 unspecified atom stereocenters. The van der Waals surface area contributed by atoms with Gasteiger partial charge in [0.2, 0.25) is 5.92 Å². The molecule has 0 spiro atoms. The van der Waals surface area contributed by atoms with Crippen molar-refractivity contribution in [3.63, 3.8) is 0 Å². The molecule has 2 rings (SSSR count). The Bertz CT molecular complexity index is 219. The summed E-state index contributed by atoms with van der Waals surface area (Å²) >= 11 is 0. The quantitative estimate of drug-likeness (QED) is 0.527. The van der Waals surface area contributed by atoms with Crippen molar-refractivity contribution >= 4 is 0 Å². The van der Waals surface area contributed by atoms with Crippen LogP contribution in [0.2, 0.25) is 0 Å². The molecule has 0 heterocycles. The molecule has 2 fully saturated rings. The van der Waals surface area contributed by atoms with Crippen molar-refractivity contribution in [2.24, 2.45) is 17.3 Å². The van der Waals surface area contributed by atoms with E-state index in [2.05, 4.69) is 27.7 Å². The smallest absolute Gasteiger partial charge is 0.207 e. The van der Waals surface area contributed by atoms with Crippen LogP contribution in [-0.4, -0.2) is 5.92 Å². The van der Waals surface area contributed by atoms with E-state index >= 15 is 0 Å². The highest BCUT2D eigenvalue weighted by Gasteiger charge is 2.39. The summed E-state index contributed by atoms with van der Waals surface area (Å²) in [5, 5.41) is 0. The summed E-state index contributed by atoms with van der Waals surface area (Å²) in [7, 11) is 0. The first-order valence-corrected chi connectivity index (χ1v) is 8.17. The van der Waals surface area contributed by atoms with Gasteiger partial charge in [-0.05, 0) is 42.9 Å². The molecule has 0 nitrogen and oxygen atoms in total. The number of alkyl halides is 2. The highest BCUT2D eigenvalue weighted by atomic mass is 19.3. The summed E-state index contributed by atoms with van der Waals surface area (Å²) in [5.74, 6) is -0.863. The van der Waals surface area contributed by atoms with Crippen LogP contribution >= 0.6 is 0 Å². The molecule has 0 aromatic carbocycles. The number of hydrogen-bond donors (Lipinski definition) is 0. The Kier molecular flexibility index (Phi) is 8.15. The molecular formula is C17H34F2. The molecule has 2 saturated carbocycles. The Labute approximate surface area is 119 Å². The first-order chi connectivity index (χ1) is 8.79. The minimum Gasteiger partial charge on any atom is -0.207 e. The molecule has 0 atom stereocenters. The van der Waals surface area contributed by atoms with Crippen LogP contribution in [-0.2, 0) is 0 Å². The Morgan fingerprint density at radius 3 is 1.63 bits per heavy atom. The second-order valence-corrected chi connectivity index (χ2v) is 6.52. The van der Waals surface area contributed by atoms with Crippen LogP contribution in [0.25, 0.3) is 0 Å². The zero-order chi connectivity index (χ0) is 15.1. The lowest BCUT2D eigenvalue weighted by Gasteiger charge is -2.27. The fourth-order valence-electron chi connectivity index (χ4n) is 2.28. The molecule has 2 aliphatic rings. The molecule has 2 aliphatic carbocycles. The van der Waals surface area contributed by atoms with Crippen molar-refractivity contribution in [2.45, 2.75) is 92.4 Å². The fourth-order valence-corrected chi connectivity index (χ4v) is 2.28. The second-order valence-electron chi connectivity index (χ2n) is 6.52. The van der Waals surface area contributed by atoms with E-state index in [0.29, 0.717) is 5.92 Å². The highest BCUT2D eigenvalue weighted by molar-refractivity contribution is 4.90. The highest BCUT2D eigenvalue weighted by Crippen LogP contribution is 2.50. The van der Waals surface area contributed by atoms with Crippen molar-refractivity contribution in [3.8, 4) is 0 Å². The van der Waals surface area contributed by atoms with Gasteiger partial charge in [-0.3, -0.25) is 0 Å². The Morgan fingerprint density at radius 1 is 1.00 bits per heavy atom. The molecule has 0 amide bonds. The number of halogens is 2. The van der Waals surface area contributed by atoms with E-state index in [0.717, 1.165) is 30.6 Å². The van der Waals surface area contributed by atoms with Crippen molar-refractivity contribution in [2.75, 3.05) is 0 Å². The molecule has 116 valence electrons. The van der Waals surface area contributed by atoms with Gasteiger partial charge in [-0.1, -0.05) is 48.0 Å². The molecule has 0 saturated heterocycles. The predicted octanol–water partition coefficient (Wildman–Crippen LogP) is 6.69. The summed E-state index contributed by atoms with van der Waals surface area (Å²) in [5.41, 5.74) is 0.750. The number of hydrogen-bond acceptors (Lipinski definition) is 0. The molecule has 0 bridgehead atoms. The third-order valence-electron chi connectivity index (χ3n) is 4.85. The summed E-state index contributed by atoms with van der Waals surface area (Å²) in [6, 6.07) is 0. The maximum Gasteiger partial charge on any atom is 0.248 e. The average Bonchev–Trinajstić information content (AvgIpc) is 3.12. The zero-order valence-corrected chi connectivity index (χ0v) is 13.9. The lowest BCUT2D eigenvalue weighted by Crippen LogP contribution is -2.24. The monoisotopic (exact) mass is 276 g/mol. The van der Waals surface area contributed by atoms with Crippen LogP contribution < -0.4 is 0 Å². The minimum absolute atomic E-state index is 0.117. The van der Waals surface area contributed by atoms with Crippen LogP contribution in [0.5, 0.6) is 0 Å². The largest absolute Gasteiger partial charge is 0.248 e. The maximum atomic E-state index is 12.5. The van der Waals surface area contributed by atoms with E-state index in [-0.39, 0.29) is 12.8 Å². The predicted molar refractivity (Wildman–Crippen MR) is 80.7 cm³/mol. The van der Waals surface area contributed by atoms with Crippen molar-refractivity contribution in [3.05, 3.63) is 0 Å². The van der Waals surface area contributed by atoms with Gasteiger partial charge in [0.1, 0.15) is 0 Å². The van der Waals surface area contributed by atoms with E-state index in [1.54, 1.807) is 0 Å². The third kappa shape index (κ3) is 7.27. The molecular weight excluding hydrogens is 242 g/mol. The molecule has 19 heavy (non-hydrogen) atoms. The van der Waals surface area contributed by atoms with Gasteiger partial charge in [0.05, 0.1) is 0 Å².